The third-order valence-corrected chi connectivity index (χ3v) is 4.54. The van der Waals surface area contributed by atoms with Crippen LogP contribution in [0.25, 0.3) is 0 Å². The van der Waals surface area contributed by atoms with Crippen molar-refractivity contribution in [2.24, 2.45) is 5.92 Å². The van der Waals surface area contributed by atoms with Gasteiger partial charge in [0.1, 0.15) is 12.5 Å². The monoisotopic (exact) mass is 352 g/mol. The number of carbonyl (C=O) groups excluding carboxylic acids is 2. The molecule has 1 fully saturated rings. The van der Waals surface area contributed by atoms with Gasteiger partial charge in [-0.05, 0) is 31.2 Å². The molecule has 1 aromatic carbocycles. The van der Waals surface area contributed by atoms with Gasteiger partial charge in [-0.1, -0.05) is 30.3 Å². The van der Waals surface area contributed by atoms with Crippen LogP contribution < -0.4 is 0 Å². The second-order valence-corrected chi connectivity index (χ2v) is 6.33. The quantitative estimate of drug-likeness (QED) is 0.739. The standard InChI is InChI=1S/C18H25ClN2O3/c1-2-20(18(23)24-14-15-7-4-3-5-8-15)12-16-9-6-10-21(13-16)17(22)11-19/h3-5,7-8,16H,2,6,9-14H2,1H3/t16-/m1/s1. The number of likely N-dealkylation sites (tertiary alicyclic amines) is 1. The lowest BCUT2D eigenvalue weighted by atomic mass is 9.97. The summed E-state index contributed by atoms with van der Waals surface area (Å²) >= 11 is 5.64. The van der Waals surface area contributed by atoms with Crippen LogP contribution in [0.5, 0.6) is 0 Å². The van der Waals surface area contributed by atoms with Crippen LogP contribution in [0.2, 0.25) is 0 Å². The molecule has 2 rings (SSSR count). The van der Waals surface area contributed by atoms with Gasteiger partial charge in [0.15, 0.2) is 0 Å². The Morgan fingerprint density at radius 2 is 2.08 bits per heavy atom. The molecule has 1 aliphatic heterocycles. The minimum atomic E-state index is -0.304. The van der Waals surface area contributed by atoms with E-state index in [1.807, 2.05) is 37.3 Å². The van der Waals surface area contributed by atoms with Crippen LogP contribution in [0.3, 0.4) is 0 Å². The molecule has 0 unspecified atom stereocenters. The van der Waals surface area contributed by atoms with Crippen LogP contribution in [-0.2, 0) is 16.1 Å². The molecule has 24 heavy (non-hydrogen) atoms. The number of hydrogen-bond donors (Lipinski definition) is 0. The van der Waals surface area contributed by atoms with Gasteiger partial charge in [-0.3, -0.25) is 4.79 Å². The number of carbonyl (C=O) groups is 2. The summed E-state index contributed by atoms with van der Waals surface area (Å²) in [4.78, 5) is 27.6. The maximum Gasteiger partial charge on any atom is 0.410 e. The largest absolute Gasteiger partial charge is 0.445 e. The van der Waals surface area contributed by atoms with E-state index in [1.165, 1.54) is 0 Å². The van der Waals surface area contributed by atoms with E-state index in [1.54, 1.807) is 9.80 Å². The predicted octanol–water partition coefficient (Wildman–Crippen LogP) is 3.12. The zero-order valence-electron chi connectivity index (χ0n) is 14.1. The average Bonchev–Trinajstić information content (AvgIpc) is 2.64. The van der Waals surface area contributed by atoms with Crippen LogP contribution in [0.1, 0.15) is 25.3 Å². The van der Waals surface area contributed by atoms with Gasteiger partial charge >= 0.3 is 6.09 Å². The minimum absolute atomic E-state index is 0.0172. The minimum Gasteiger partial charge on any atom is -0.445 e. The summed E-state index contributed by atoms with van der Waals surface area (Å²) in [6, 6.07) is 9.64. The fraction of sp³-hybridized carbons (Fsp3) is 0.556. The van der Waals surface area contributed by atoms with E-state index in [0.717, 1.165) is 24.9 Å². The Morgan fingerprint density at radius 1 is 1.33 bits per heavy atom. The Labute approximate surface area is 148 Å². The van der Waals surface area contributed by atoms with Crippen molar-refractivity contribution in [3.8, 4) is 0 Å². The van der Waals surface area contributed by atoms with Gasteiger partial charge in [-0.2, -0.15) is 0 Å². The van der Waals surface area contributed by atoms with Crippen LogP contribution in [-0.4, -0.2) is 53.9 Å². The molecule has 1 saturated heterocycles. The number of nitrogens with zero attached hydrogens (tertiary/aromatic N) is 2. The third-order valence-electron chi connectivity index (χ3n) is 4.31. The van der Waals surface area contributed by atoms with Crippen molar-refractivity contribution in [1.29, 1.82) is 0 Å². The number of amides is 2. The molecule has 0 bridgehead atoms. The van der Waals surface area contributed by atoms with Crippen molar-refractivity contribution in [3.63, 3.8) is 0 Å². The van der Waals surface area contributed by atoms with Gasteiger partial charge in [0.05, 0.1) is 0 Å². The molecule has 0 aliphatic carbocycles. The first-order valence-corrected chi connectivity index (χ1v) is 8.96. The number of ether oxygens (including phenoxy) is 1. The molecule has 0 aromatic heterocycles. The highest BCUT2D eigenvalue weighted by molar-refractivity contribution is 6.27. The van der Waals surface area contributed by atoms with E-state index < -0.39 is 0 Å². The summed E-state index contributed by atoms with van der Waals surface area (Å²) in [5, 5.41) is 0. The molecule has 0 N–H and O–H groups in total. The van der Waals surface area contributed by atoms with Gasteiger partial charge in [0, 0.05) is 26.2 Å². The SMILES string of the molecule is CCN(C[C@H]1CCCN(C(=O)CCl)C1)C(=O)OCc1ccccc1. The van der Waals surface area contributed by atoms with Gasteiger partial charge in [-0.25, -0.2) is 4.79 Å². The lowest BCUT2D eigenvalue weighted by Gasteiger charge is -2.35. The molecule has 1 aliphatic rings. The Kier molecular flexibility index (Phi) is 7.37. The predicted molar refractivity (Wildman–Crippen MR) is 93.9 cm³/mol. The first kappa shape index (κ1) is 18.6. The van der Waals surface area contributed by atoms with E-state index in [2.05, 4.69) is 0 Å². The molecular weight excluding hydrogens is 328 g/mol. The van der Waals surface area contributed by atoms with E-state index in [9.17, 15) is 9.59 Å². The first-order chi connectivity index (χ1) is 11.6. The molecule has 0 saturated carbocycles. The van der Waals surface area contributed by atoms with Gasteiger partial charge in [-0.15, -0.1) is 11.6 Å². The molecule has 6 heteroatoms. The van der Waals surface area contributed by atoms with Crippen LogP contribution >= 0.6 is 11.6 Å². The number of hydrogen-bond acceptors (Lipinski definition) is 3. The van der Waals surface area contributed by atoms with E-state index in [0.29, 0.717) is 19.6 Å². The van der Waals surface area contributed by atoms with Crippen LogP contribution in [0.4, 0.5) is 4.79 Å². The van der Waals surface area contributed by atoms with Crippen molar-refractivity contribution in [3.05, 3.63) is 35.9 Å². The fourth-order valence-corrected chi connectivity index (χ4v) is 3.15. The Balaban J connectivity index is 1.84. The summed E-state index contributed by atoms with van der Waals surface area (Å²) in [6.45, 7) is 4.83. The number of piperidine rings is 1. The maximum atomic E-state index is 12.3. The van der Waals surface area contributed by atoms with Gasteiger partial charge in [0.25, 0.3) is 0 Å². The van der Waals surface area contributed by atoms with E-state index in [-0.39, 0.29) is 30.4 Å². The molecule has 1 aromatic rings. The highest BCUT2D eigenvalue weighted by Gasteiger charge is 2.26. The zero-order valence-corrected chi connectivity index (χ0v) is 14.9. The van der Waals surface area contributed by atoms with Crippen molar-refractivity contribution in [2.45, 2.75) is 26.4 Å². The normalized spacial score (nSPS) is 17.4. The molecule has 1 heterocycles. The summed E-state index contributed by atoms with van der Waals surface area (Å²) in [5.74, 6) is 0.259. The number of alkyl halides is 1. The number of rotatable bonds is 6. The highest BCUT2D eigenvalue weighted by atomic mass is 35.5. The lowest BCUT2D eigenvalue weighted by molar-refractivity contribution is -0.130. The Hall–Kier alpha value is -1.75. The second-order valence-electron chi connectivity index (χ2n) is 6.06. The topological polar surface area (TPSA) is 49.9 Å². The summed E-state index contributed by atoms with van der Waals surface area (Å²) in [7, 11) is 0. The summed E-state index contributed by atoms with van der Waals surface area (Å²) in [5.41, 5.74) is 0.971. The second kappa shape index (κ2) is 9.52. The van der Waals surface area contributed by atoms with Crippen molar-refractivity contribution >= 4 is 23.6 Å². The van der Waals surface area contributed by atoms with Crippen molar-refractivity contribution in [1.82, 2.24) is 9.80 Å². The van der Waals surface area contributed by atoms with Gasteiger partial charge in [0.2, 0.25) is 5.91 Å². The lowest BCUT2D eigenvalue weighted by Crippen LogP contribution is -2.45. The first-order valence-electron chi connectivity index (χ1n) is 8.43. The Morgan fingerprint density at radius 3 is 2.75 bits per heavy atom. The van der Waals surface area contributed by atoms with Crippen LogP contribution in [0, 0.1) is 5.92 Å². The Bertz CT molecular complexity index is 538. The highest BCUT2D eigenvalue weighted by Crippen LogP contribution is 2.18. The molecule has 5 nitrogen and oxygen atoms in total. The smallest absolute Gasteiger partial charge is 0.410 e. The van der Waals surface area contributed by atoms with E-state index in [4.69, 9.17) is 16.3 Å². The average molecular weight is 353 g/mol. The van der Waals surface area contributed by atoms with Crippen LogP contribution in [0.15, 0.2) is 30.3 Å². The van der Waals surface area contributed by atoms with Crippen molar-refractivity contribution < 1.29 is 14.3 Å². The van der Waals surface area contributed by atoms with Gasteiger partial charge < -0.3 is 14.5 Å². The maximum absolute atomic E-state index is 12.3. The fourth-order valence-electron chi connectivity index (χ4n) is 2.98. The molecule has 1 atom stereocenters. The molecule has 2 amide bonds. The molecule has 0 spiro atoms. The number of benzene rings is 1. The summed E-state index contributed by atoms with van der Waals surface area (Å²) in [6.07, 6.45) is 1.65. The summed E-state index contributed by atoms with van der Waals surface area (Å²) < 4.78 is 5.40. The zero-order chi connectivity index (χ0) is 17.4. The molecular formula is C18H25ClN2O3. The van der Waals surface area contributed by atoms with E-state index >= 15 is 0 Å². The number of halogens is 1. The molecule has 132 valence electrons. The third kappa shape index (κ3) is 5.41. The van der Waals surface area contributed by atoms with Crippen molar-refractivity contribution in [2.75, 3.05) is 32.1 Å². The molecule has 0 radical (unpaired) electrons.